The Hall–Kier alpha value is -4.38. The minimum absolute atomic E-state index is 0.00515. The van der Waals surface area contributed by atoms with Gasteiger partial charge in [-0.2, -0.15) is 0 Å². The van der Waals surface area contributed by atoms with Crippen LogP contribution in [0.2, 0.25) is 0 Å². The molecule has 1 aromatic heterocycles. The molecular weight excluding hydrogens is 670 g/mol. The number of unbranched alkanes of at least 4 members (excludes halogenated alkanes) is 6. The lowest BCUT2D eigenvalue weighted by atomic mass is 9.85. The summed E-state index contributed by atoms with van der Waals surface area (Å²) in [6.07, 6.45) is 9.36. The molecule has 2 bridgehead atoms. The highest BCUT2D eigenvalue weighted by molar-refractivity contribution is 5.87. The number of aromatic amines is 1. The van der Waals surface area contributed by atoms with Gasteiger partial charge >= 0.3 is 5.97 Å². The standard InChI is InChI=1S/C43H55N3O7/c1-51-38-18-14-32(35(30-12-8-7-9-13-30)27-42(50)53-40-29-46-23-20-31(40)21-24-46)26-39(38)52-25-11-6-4-2-3-5-10-22-44-28-37(48)33-15-17-36(47)43-34(33)16-19-41(49)45-43/h7-9,12-19,26,31,35,37,40,44,47-48H,2-6,10-11,20-25,27-29H2,1H3,(H,45,49)/t35?,37-,40-/m0/s1. The SMILES string of the molecule is COc1ccc(C(CC(=O)O[C@H]2CN3CCC2CC3)c2ccccc2)cc1OCCCCCCCCCNC[C@H](O)c1ccc(O)c2[nH]c(=O)ccc12. The lowest BCUT2D eigenvalue weighted by Crippen LogP contribution is -2.52. The van der Waals surface area contributed by atoms with E-state index in [1.807, 2.05) is 36.4 Å². The van der Waals surface area contributed by atoms with Crippen molar-refractivity contribution in [1.82, 2.24) is 15.2 Å². The number of aromatic hydroxyl groups is 1. The van der Waals surface area contributed by atoms with Gasteiger partial charge in [-0.05, 0) is 92.2 Å². The fourth-order valence-corrected chi connectivity index (χ4v) is 7.88. The molecule has 0 spiro atoms. The van der Waals surface area contributed by atoms with E-state index in [1.54, 1.807) is 19.2 Å². The zero-order valence-corrected chi connectivity index (χ0v) is 30.9. The first-order chi connectivity index (χ1) is 25.9. The third-order valence-electron chi connectivity index (χ3n) is 10.9. The first kappa shape index (κ1) is 38.3. The Morgan fingerprint density at radius 3 is 2.40 bits per heavy atom. The molecule has 53 heavy (non-hydrogen) atoms. The first-order valence-electron chi connectivity index (χ1n) is 19.4. The molecule has 4 N–H and O–H groups in total. The van der Waals surface area contributed by atoms with Crippen molar-refractivity contribution in [2.24, 2.45) is 5.92 Å². The molecule has 3 aliphatic heterocycles. The number of hydrogen-bond donors (Lipinski definition) is 4. The third-order valence-corrected chi connectivity index (χ3v) is 10.9. The molecule has 4 aromatic rings. The van der Waals surface area contributed by atoms with E-state index >= 15 is 0 Å². The van der Waals surface area contributed by atoms with Gasteiger partial charge in [-0.25, -0.2) is 0 Å². The van der Waals surface area contributed by atoms with E-state index in [0.717, 1.165) is 95.1 Å². The molecule has 284 valence electrons. The van der Waals surface area contributed by atoms with Crippen molar-refractivity contribution in [2.45, 2.75) is 82.3 Å². The topological polar surface area (TPSA) is 133 Å². The fraction of sp³-hybridized carbons (Fsp3) is 0.488. The van der Waals surface area contributed by atoms with Gasteiger partial charge in [0.05, 0.1) is 31.8 Å². The molecule has 10 heteroatoms. The number of fused-ring (bicyclic) bond motifs is 4. The summed E-state index contributed by atoms with van der Waals surface area (Å²) < 4.78 is 18.0. The van der Waals surface area contributed by atoms with Gasteiger partial charge in [0.1, 0.15) is 11.9 Å². The number of rotatable bonds is 20. The predicted octanol–water partition coefficient (Wildman–Crippen LogP) is 6.83. The molecule has 0 saturated carbocycles. The van der Waals surface area contributed by atoms with Crippen LogP contribution in [0.5, 0.6) is 17.2 Å². The highest BCUT2D eigenvalue weighted by Gasteiger charge is 2.37. The second kappa shape index (κ2) is 19.1. The first-order valence-corrected chi connectivity index (χ1v) is 19.4. The summed E-state index contributed by atoms with van der Waals surface area (Å²) in [5.41, 5.74) is 2.80. The Balaban J connectivity index is 0.895. The van der Waals surface area contributed by atoms with Gasteiger partial charge < -0.3 is 34.7 Å². The van der Waals surface area contributed by atoms with E-state index in [-0.39, 0.29) is 35.7 Å². The van der Waals surface area contributed by atoms with E-state index in [1.165, 1.54) is 12.1 Å². The lowest BCUT2D eigenvalue weighted by molar-refractivity contribution is -0.159. The zero-order valence-electron chi connectivity index (χ0n) is 30.9. The van der Waals surface area contributed by atoms with Crippen LogP contribution in [0.1, 0.15) is 92.9 Å². The van der Waals surface area contributed by atoms with Crippen molar-refractivity contribution in [2.75, 3.05) is 46.4 Å². The average Bonchev–Trinajstić information content (AvgIpc) is 3.18. The number of carbonyl (C=O) groups excluding carboxylic acids is 1. The number of esters is 1. The number of methoxy groups -OCH3 is 1. The number of aliphatic hydroxyl groups is 1. The Bertz CT molecular complexity index is 1820. The largest absolute Gasteiger partial charge is 0.506 e. The third kappa shape index (κ3) is 10.4. The monoisotopic (exact) mass is 725 g/mol. The minimum atomic E-state index is -0.748. The van der Waals surface area contributed by atoms with Crippen LogP contribution in [0.4, 0.5) is 0 Å². The summed E-state index contributed by atoms with van der Waals surface area (Å²) in [7, 11) is 1.65. The van der Waals surface area contributed by atoms with E-state index in [2.05, 4.69) is 27.3 Å². The Kier molecular flexibility index (Phi) is 13.8. The van der Waals surface area contributed by atoms with Crippen molar-refractivity contribution < 1.29 is 29.2 Å². The second-order valence-corrected chi connectivity index (χ2v) is 14.6. The maximum Gasteiger partial charge on any atom is 0.307 e. The number of aromatic nitrogens is 1. The van der Waals surface area contributed by atoms with E-state index in [0.29, 0.717) is 47.0 Å². The maximum atomic E-state index is 13.3. The van der Waals surface area contributed by atoms with Crippen LogP contribution in [0.25, 0.3) is 10.9 Å². The van der Waals surface area contributed by atoms with Gasteiger partial charge in [0.2, 0.25) is 5.56 Å². The number of hydrogen-bond acceptors (Lipinski definition) is 9. The molecule has 0 radical (unpaired) electrons. The smallest absolute Gasteiger partial charge is 0.307 e. The lowest BCUT2D eigenvalue weighted by Gasteiger charge is -2.44. The molecule has 3 atom stereocenters. The van der Waals surface area contributed by atoms with Crippen molar-refractivity contribution in [1.29, 1.82) is 0 Å². The number of piperidine rings is 3. The summed E-state index contributed by atoms with van der Waals surface area (Å²) in [4.78, 5) is 30.1. The van der Waals surface area contributed by atoms with E-state index in [4.69, 9.17) is 14.2 Å². The predicted molar refractivity (Wildman–Crippen MR) is 207 cm³/mol. The quantitative estimate of drug-likeness (QED) is 0.0572. The minimum Gasteiger partial charge on any atom is -0.506 e. The number of phenolic OH excluding ortho intramolecular Hbond substituents is 1. The number of nitrogens with one attached hydrogen (secondary N) is 2. The number of ether oxygens (including phenoxy) is 3. The summed E-state index contributed by atoms with van der Waals surface area (Å²) in [5.74, 6) is 1.55. The Morgan fingerprint density at radius 1 is 0.906 bits per heavy atom. The summed E-state index contributed by atoms with van der Waals surface area (Å²) in [5, 5.41) is 24.8. The number of carbonyl (C=O) groups is 1. The number of benzene rings is 3. The molecule has 0 aliphatic carbocycles. The van der Waals surface area contributed by atoms with Gasteiger partial charge in [0, 0.05) is 30.5 Å². The van der Waals surface area contributed by atoms with Crippen LogP contribution in [-0.4, -0.2) is 78.6 Å². The summed E-state index contributed by atoms with van der Waals surface area (Å²) >= 11 is 0. The van der Waals surface area contributed by atoms with Gasteiger partial charge in [0.25, 0.3) is 0 Å². The van der Waals surface area contributed by atoms with Gasteiger partial charge in [-0.1, -0.05) is 74.6 Å². The highest BCUT2D eigenvalue weighted by atomic mass is 16.5. The second-order valence-electron chi connectivity index (χ2n) is 14.6. The number of pyridine rings is 1. The molecule has 3 saturated heterocycles. The number of nitrogens with zero attached hydrogens (tertiary/aromatic N) is 1. The Morgan fingerprint density at radius 2 is 1.66 bits per heavy atom. The maximum absolute atomic E-state index is 13.3. The van der Waals surface area contributed by atoms with Gasteiger partial charge in [-0.15, -0.1) is 0 Å². The molecule has 7 rings (SSSR count). The number of aliphatic hydroxyl groups excluding tert-OH is 1. The average molecular weight is 726 g/mol. The fourth-order valence-electron chi connectivity index (χ4n) is 7.88. The van der Waals surface area contributed by atoms with E-state index in [9.17, 15) is 19.8 Å². The van der Waals surface area contributed by atoms with Crippen LogP contribution in [0, 0.1) is 5.92 Å². The van der Waals surface area contributed by atoms with Crippen molar-refractivity contribution in [3.05, 3.63) is 99.8 Å². The highest BCUT2D eigenvalue weighted by Crippen LogP contribution is 2.37. The molecule has 3 aromatic carbocycles. The van der Waals surface area contributed by atoms with Crippen LogP contribution >= 0.6 is 0 Å². The van der Waals surface area contributed by atoms with Crippen LogP contribution < -0.4 is 20.3 Å². The van der Waals surface area contributed by atoms with Crippen molar-refractivity contribution in [3.8, 4) is 17.2 Å². The molecule has 3 aliphatic rings. The summed E-state index contributed by atoms with van der Waals surface area (Å²) in [6, 6.07) is 22.4. The Labute approximate surface area is 312 Å². The molecule has 4 heterocycles. The zero-order chi connectivity index (χ0) is 37.0. The van der Waals surface area contributed by atoms with Crippen molar-refractivity contribution in [3.63, 3.8) is 0 Å². The summed E-state index contributed by atoms with van der Waals surface area (Å²) in [6.45, 7) is 4.88. The number of H-pyrrole nitrogens is 1. The number of phenols is 1. The normalized spacial score (nSPS) is 19.2. The molecule has 1 unspecified atom stereocenters. The van der Waals surface area contributed by atoms with E-state index < -0.39 is 6.10 Å². The van der Waals surface area contributed by atoms with Crippen LogP contribution in [-0.2, 0) is 9.53 Å². The van der Waals surface area contributed by atoms with Crippen LogP contribution in [0.15, 0.2) is 77.6 Å². The molecular formula is C43H55N3O7. The van der Waals surface area contributed by atoms with Gasteiger partial charge in [0.15, 0.2) is 11.5 Å². The molecule has 3 fully saturated rings. The van der Waals surface area contributed by atoms with Gasteiger partial charge in [-0.3, -0.25) is 14.5 Å². The molecule has 10 nitrogen and oxygen atoms in total. The van der Waals surface area contributed by atoms with Crippen LogP contribution in [0.3, 0.4) is 0 Å². The van der Waals surface area contributed by atoms with Crippen molar-refractivity contribution >= 4 is 16.9 Å². The molecule has 0 amide bonds.